The fourth-order valence-corrected chi connectivity index (χ4v) is 3.25. The van der Waals surface area contributed by atoms with Crippen LogP contribution in [-0.4, -0.2) is 15.0 Å². The summed E-state index contributed by atoms with van der Waals surface area (Å²) < 4.78 is 26.0. The van der Waals surface area contributed by atoms with Crippen LogP contribution in [0, 0.1) is 0 Å². The highest BCUT2D eigenvalue weighted by atomic mass is 35.5. The molecule has 0 amide bonds. The third kappa shape index (κ3) is 4.84. The second-order valence-electron chi connectivity index (χ2n) is 3.71. The number of hydrogen-bond acceptors (Lipinski definition) is 2. The zero-order valence-corrected chi connectivity index (χ0v) is 11.9. The molecule has 0 saturated carbocycles. The molecule has 1 rings (SSSR count). The van der Waals surface area contributed by atoms with Crippen molar-refractivity contribution >= 4 is 33.2 Å². The van der Waals surface area contributed by atoms with Crippen LogP contribution >= 0.6 is 23.2 Å². The summed E-state index contributed by atoms with van der Waals surface area (Å²) in [5.41, 5.74) is 0.444. The lowest BCUT2D eigenvalue weighted by molar-refractivity contribution is 0.577. The highest BCUT2D eigenvalue weighted by Crippen LogP contribution is 2.25. The van der Waals surface area contributed by atoms with Crippen LogP contribution in [0.1, 0.15) is 25.3 Å². The first-order valence-electron chi connectivity index (χ1n) is 5.36. The van der Waals surface area contributed by atoms with Crippen LogP contribution < -0.4 is 4.72 Å². The van der Waals surface area contributed by atoms with Crippen molar-refractivity contribution in [1.29, 1.82) is 0 Å². The molecule has 0 atom stereocenters. The molecule has 1 N–H and O–H groups in total. The van der Waals surface area contributed by atoms with E-state index < -0.39 is 10.0 Å². The largest absolute Gasteiger partial charge is 0.215 e. The van der Waals surface area contributed by atoms with E-state index in [2.05, 4.69) is 4.72 Å². The smallest absolute Gasteiger partial charge is 0.215 e. The normalized spacial score (nSPS) is 11.7. The van der Waals surface area contributed by atoms with Gasteiger partial charge in [0.1, 0.15) is 0 Å². The Morgan fingerprint density at radius 1 is 1.24 bits per heavy atom. The molecule has 0 bridgehead atoms. The van der Waals surface area contributed by atoms with Gasteiger partial charge in [-0.25, -0.2) is 13.1 Å². The quantitative estimate of drug-likeness (QED) is 0.819. The fourth-order valence-electron chi connectivity index (χ4n) is 1.32. The van der Waals surface area contributed by atoms with Gasteiger partial charge < -0.3 is 0 Å². The first-order valence-corrected chi connectivity index (χ1v) is 7.77. The van der Waals surface area contributed by atoms with Crippen molar-refractivity contribution in [3.8, 4) is 0 Å². The summed E-state index contributed by atoms with van der Waals surface area (Å²) in [6.07, 6.45) is 1.75. The highest BCUT2D eigenvalue weighted by molar-refractivity contribution is 7.88. The molecule has 0 spiro atoms. The molecule has 0 aliphatic heterocycles. The van der Waals surface area contributed by atoms with E-state index in [1.165, 1.54) is 0 Å². The fraction of sp³-hybridized carbons (Fsp3) is 0.455. The number of nitrogens with one attached hydrogen (secondary N) is 1. The van der Waals surface area contributed by atoms with Crippen LogP contribution in [0.3, 0.4) is 0 Å². The molecule has 0 radical (unpaired) electrons. The van der Waals surface area contributed by atoms with E-state index in [-0.39, 0.29) is 5.75 Å². The Balaban J connectivity index is 2.76. The molecule has 96 valence electrons. The van der Waals surface area contributed by atoms with E-state index in [1.54, 1.807) is 18.2 Å². The lowest BCUT2D eigenvalue weighted by atomic mass is 10.2. The zero-order chi connectivity index (χ0) is 12.9. The first kappa shape index (κ1) is 14.8. The molecule has 0 unspecified atom stereocenters. The van der Waals surface area contributed by atoms with E-state index in [0.717, 1.165) is 12.8 Å². The predicted molar refractivity (Wildman–Crippen MR) is 72.0 cm³/mol. The molecule has 6 heteroatoms. The molecule has 0 heterocycles. The molecule has 1 aromatic rings. The molecule has 0 aliphatic carbocycles. The standard InChI is InChI=1S/C11H15Cl2NO2S/c1-2-3-7-14-17(15,16)8-9-10(12)5-4-6-11(9)13/h4-6,14H,2-3,7-8H2,1H3. The van der Waals surface area contributed by atoms with Crippen molar-refractivity contribution in [1.82, 2.24) is 4.72 Å². The number of hydrogen-bond donors (Lipinski definition) is 1. The molecular formula is C11H15Cl2NO2S. The van der Waals surface area contributed by atoms with Crippen molar-refractivity contribution in [3.05, 3.63) is 33.8 Å². The van der Waals surface area contributed by atoms with E-state index in [0.29, 0.717) is 22.2 Å². The van der Waals surface area contributed by atoms with Crippen molar-refractivity contribution < 1.29 is 8.42 Å². The Hall–Kier alpha value is -0.290. The lowest BCUT2D eigenvalue weighted by Crippen LogP contribution is -2.26. The van der Waals surface area contributed by atoms with Gasteiger partial charge in [0.05, 0.1) is 5.75 Å². The van der Waals surface area contributed by atoms with Crippen LogP contribution in [0.4, 0.5) is 0 Å². The molecule has 0 saturated heterocycles. The maximum atomic E-state index is 11.8. The van der Waals surface area contributed by atoms with Crippen molar-refractivity contribution in [2.24, 2.45) is 0 Å². The van der Waals surface area contributed by atoms with Crippen LogP contribution in [0.25, 0.3) is 0 Å². The molecule has 1 aromatic carbocycles. The molecule has 0 aromatic heterocycles. The zero-order valence-electron chi connectivity index (χ0n) is 9.54. The average Bonchev–Trinajstić information content (AvgIpc) is 2.24. The molecular weight excluding hydrogens is 281 g/mol. The molecule has 3 nitrogen and oxygen atoms in total. The van der Waals surface area contributed by atoms with Crippen LogP contribution in [0.5, 0.6) is 0 Å². The van der Waals surface area contributed by atoms with Crippen molar-refractivity contribution in [2.75, 3.05) is 6.54 Å². The summed E-state index contributed by atoms with van der Waals surface area (Å²) in [4.78, 5) is 0. The van der Waals surface area contributed by atoms with Crippen LogP contribution in [0.15, 0.2) is 18.2 Å². The Bertz CT molecular complexity index is 454. The maximum Gasteiger partial charge on any atom is 0.215 e. The molecule has 0 fully saturated rings. The Morgan fingerprint density at radius 2 is 1.82 bits per heavy atom. The molecule has 17 heavy (non-hydrogen) atoms. The van der Waals surface area contributed by atoms with Gasteiger partial charge in [-0.05, 0) is 18.6 Å². The van der Waals surface area contributed by atoms with Crippen molar-refractivity contribution in [2.45, 2.75) is 25.5 Å². The van der Waals surface area contributed by atoms with Gasteiger partial charge in [0.2, 0.25) is 10.0 Å². The van der Waals surface area contributed by atoms with Gasteiger partial charge in [-0.1, -0.05) is 42.6 Å². The summed E-state index contributed by atoms with van der Waals surface area (Å²) in [7, 11) is -3.37. The minimum absolute atomic E-state index is 0.185. The average molecular weight is 296 g/mol. The summed E-state index contributed by atoms with van der Waals surface area (Å²) in [5.74, 6) is -0.185. The minimum Gasteiger partial charge on any atom is -0.215 e. The van der Waals surface area contributed by atoms with Gasteiger partial charge in [0.15, 0.2) is 0 Å². The summed E-state index contributed by atoms with van der Waals surface area (Å²) in [6, 6.07) is 4.94. The number of unbranched alkanes of at least 4 members (excludes halogenated alkanes) is 1. The number of sulfonamides is 1. The number of rotatable bonds is 6. The summed E-state index contributed by atoms with van der Waals surface area (Å²) in [5, 5.41) is 0.747. The maximum absolute atomic E-state index is 11.8. The number of halogens is 2. The second-order valence-corrected chi connectivity index (χ2v) is 6.33. The minimum atomic E-state index is -3.37. The third-order valence-electron chi connectivity index (χ3n) is 2.25. The van der Waals surface area contributed by atoms with Crippen molar-refractivity contribution in [3.63, 3.8) is 0 Å². The lowest BCUT2D eigenvalue weighted by Gasteiger charge is -2.09. The van der Waals surface area contributed by atoms with Gasteiger partial charge in [-0.2, -0.15) is 0 Å². The van der Waals surface area contributed by atoms with E-state index in [4.69, 9.17) is 23.2 Å². The van der Waals surface area contributed by atoms with E-state index >= 15 is 0 Å². The summed E-state index contributed by atoms with van der Waals surface area (Å²) >= 11 is 11.8. The highest BCUT2D eigenvalue weighted by Gasteiger charge is 2.15. The topological polar surface area (TPSA) is 46.2 Å². The van der Waals surface area contributed by atoms with Gasteiger partial charge in [0, 0.05) is 22.2 Å². The van der Waals surface area contributed by atoms with Gasteiger partial charge >= 0.3 is 0 Å². The Morgan fingerprint density at radius 3 is 2.35 bits per heavy atom. The molecule has 0 aliphatic rings. The third-order valence-corrected chi connectivity index (χ3v) is 4.27. The predicted octanol–water partition coefficient (Wildman–Crippen LogP) is 3.21. The van der Waals surface area contributed by atoms with Gasteiger partial charge in [-0.3, -0.25) is 0 Å². The SMILES string of the molecule is CCCCNS(=O)(=O)Cc1c(Cl)cccc1Cl. The van der Waals surface area contributed by atoms with Crippen LogP contribution in [-0.2, 0) is 15.8 Å². The van der Waals surface area contributed by atoms with E-state index in [1.807, 2.05) is 6.92 Å². The second kappa shape index (κ2) is 6.59. The first-order chi connectivity index (χ1) is 7.96. The Kier molecular flexibility index (Phi) is 5.73. The van der Waals surface area contributed by atoms with Gasteiger partial charge in [0.25, 0.3) is 0 Å². The Labute approximate surface area is 112 Å². The van der Waals surface area contributed by atoms with E-state index in [9.17, 15) is 8.42 Å². The van der Waals surface area contributed by atoms with Gasteiger partial charge in [-0.15, -0.1) is 0 Å². The van der Waals surface area contributed by atoms with Crippen LogP contribution in [0.2, 0.25) is 10.0 Å². The summed E-state index contributed by atoms with van der Waals surface area (Å²) in [6.45, 7) is 2.44. The number of benzene rings is 1. The monoisotopic (exact) mass is 295 g/mol.